The summed E-state index contributed by atoms with van der Waals surface area (Å²) in [6.45, 7) is 15.4. The lowest BCUT2D eigenvalue weighted by Crippen LogP contribution is -2.43. The highest BCUT2D eigenvalue weighted by Crippen LogP contribution is 2.45. The highest BCUT2D eigenvalue weighted by molar-refractivity contribution is 7.87. The monoisotopic (exact) mass is 438 g/mol. The standard InChI is InChI=1S/C20H32B2O7S/c1-17(2)18(3,4)27-21(26-17)16(22-28-19(5,6)20(7,8)29-22)14-30(23,24)25-15-12-10-9-11-13-15/h9-13,16H,14H2,1-8H3. The van der Waals surface area contributed by atoms with E-state index in [2.05, 4.69) is 0 Å². The molecule has 0 N–H and O–H groups in total. The molecule has 2 saturated heterocycles. The van der Waals surface area contributed by atoms with Crippen molar-refractivity contribution in [2.45, 2.75) is 83.5 Å². The molecule has 0 amide bonds. The molecule has 0 spiro atoms. The van der Waals surface area contributed by atoms with Crippen LogP contribution in [0.2, 0.25) is 5.72 Å². The molecule has 2 aliphatic heterocycles. The third kappa shape index (κ3) is 4.58. The zero-order chi connectivity index (χ0) is 22.6. The van der Waals surface area contributed by atoms with Crippen molar-refractivity contribution in [1.29, 1.82) is 0 Å². The molecule has 0 atom stereocenters. The van der Waals surface area contributed by atoms with Crippen LogP contribution in [0.1, 0.15) is 55.4 Å². The molecule has 0 saturated carbocycles. The van der Waals surface area contributed by atoms with E-state index in [1.807, 2.05) is 55.4 Å². The van der Waals surface area contributed by atoms with Gasteiger partial charge in [0.1, 0.15) is 5.75 Å². The third-order valence-corrected chi connectivity index (χ3v) is 7.84. The molecule has 0 bridgehead atoms. The van der Waals surface area contributed by atoms with E-state index in [-0.39, 0.29) is 11.5 Å². The van der Waals surface area contributed by atoms with Gasteiger partial charge in [-0.25, -0.2) is 0 Å². The molecule has 10 heteroatoms. The Bertz CT molecular complexity index is 800. The van der Waals surface area contributed by atoms with Gasteiger partial charge in [-0.1, -0.05) is 18.2 Å². The van der Waals surface area contributed by atoms with E-state index in [1.165, 1.54) is 0 Å². The van der Waals surface area contributed by atoms with Crippen LogP contribution in [0.25, 0.3) is 0 Å². The molecule has 7 nitrogen and oxygen atoms in total. The molecular formula is C20H32B2O7S. The first-order valence-corrected chi connectivity index (χ1v) is 11.8. The van der Waals surface area contributed by atoms with E-state index >= 15 is 0 Å². The molecule has 3 rings (SSSR count). The molecule has 1 aromatic rings. The predicted molar refractivity (Wildman–Crippen MR) is 117 cm³/mol. The number of rotatable bonds is 6. The summed E-state index contributed by atoms with van der Waals surface area (Å²) in [5.41, 5.74) is -3.23. The van der Waals surface area contributed by atoms with E-state index in [1.54, 1.807) is 30.3 Å². The lowest BCUT2D eigenvalue weighted by molar-refractivity contribution is 0.00578. The minimum Gasteiger partial charge on any atom is -0.403 e. The van der Waals surface area contributed by atoms with Gasteiger partial charge in [0.05, 0.1) is 28.2 Å². The fourth-order valence-corrected chi connectivity index (χ4v) is 4.56. The van der Waals surface area contributed by atoms with Gasteiger partial charge in [0.25, 0.3) is 0 Å². The summed E-state index contributed by atoms with van der Waals surface area (Å²) >= 11 is 0. The average molecular weight is 438 g/mol. The predicted octanol–water partition coefficient (Wildman–Crippen LogP) is 3.49. The molecule has 0 aromatic heterocycles. The first-order valence-electron chi connectivity index (χ1n) is 10.2. The second kappa shape index (κ2) is 7.52. The number of benzene rings is 1. The quantitative estimate of drug-likeness (QED) is 0.497. The van der Waals surface area contributed by atoms with Crippen molar-refractivity contribution in [3.8, 4) is 5.75 Å². The molecule has 0 radical (unpaired) electrons. The minimum absolute atomic E-state index is 0.249. The summed E-state index contributed by atoms with van der Waals surface area (Å²) in [6, 6.07) is 8.40. The molecule has 2 fully saturated rings. The summed E-state index contributed by atoms with van der Waals surface area (Å²) in [6.07, 6.45) is 0. The fourth-order valence-electron chi connectivity index (χ4n) is 3.30. The van der Waals surface area contributed by atoms with Crippen molar-refractivity contribution in [3.63, 3.8) is 0 Å². The maximum atomic E-state index is 12.9. The van der Waals surface area contributed by atoms with Crippen LogP contribution in [-0.4, -0.2) is 50.8 Å². The van der Waals surface area contributed by atoms with Gasteiger partial charge >= 0.3 is 24.4 Å². The normalized spacial score (nSPS) is 24.4. The van der Waals surface area contributed by atoms with Gasteiger partial charge in [0.15, 0.2) is 0 Å². The van der Waals surface area contributed by atoms with Gasteiger partial charge in [-0.2, -0.15) is 8.42 Å². The van der Waals surface area contributed by atoms with Crippen LogP contribution >= 0.6 is 0 Å². The van der Waals surface area contributed by atoms with Crippen molar-refractivity contribution in [3.05, 3.63) is 30.3 Å². The van der Waals surface area contributed by atoms with E-state index in [9.17, 15) is 8.42 Å². The summed E-state index contributed by atoms with van der Waals surface area (Å²) in [5, 5.41) is 0. The molecule has 30 heavy (non-hydrogen) atoms. The Morgan fingerprint density at radius 1 is 0.767 bits per heavy atom. The maximum absolute atomic E-state index is 12.9. The molecule has 2 heterocycles. The van der Waals surface area contributed by atoms with Crippen LogP contribution in [-0.2, 0) is 28.7 Å². The summed E-state index contributed by atoms with van der Waals surface area (Å²) < 4.78 is 55.8. The third-order valence-electron chi connectivity index (χ3n) is 6.61. The van der Waals surface area contributed by atoms with Crippen LogP contribution in [0.4, 0.5) is 0 Å². The molecule has 0 unspecified atom stereocenters. The van der Waals surface area contributed by atoms with E-state index in [0.717, 1.165) is 0 Å². The van der Waals surface area contributed by atoms with Gasteiger partial charge in [-0.05, 0) is 67.5 Å². The first kappa shape index (κ1) is 23.6. The highest BCUT2D eigenvalue weighted by atomic mass is 32.2. The molecule has 0 aliphatic carbocycles. The lowest BCUT2D eigenvalue weighted by atomic mass is 9.52. The van der Waals surface area contributed by atoms with Crippen LogP contribution in [0.5, 0.6) is 5.75 Å². The molecule has 1 aromatic carbocycles. The maximum Gasteiger partial charge on any atom is 0.460 e. The second-order valence-electron chi connectivity index (χ2n) is 10.0. The van der Waals surface area contributed by atoms with Crippen LogP contribution in [0.15, 0.2) is 30.3 Å². The van der Waals surface area contributed by atoms with E-state index in [0.29, 0.717) is 0 Å². The highest BCUT2D eigenvalue weighted by Gasteiger charge is 2.62. The lowest BCUT2D eigenvalue weighted by Gasteiger charge is -2.32. The van der Waals surface area contributed by atoms with Crippen LogP contribution < -0.4 is 4.18 Å². The average Bonchev–Trinajstić information content (AvgIpc) is 2.92. The van der Waals surface area contributed by atoms with Crippen LogP contribution in [0.3, 0.4) is 0 Å². The smallest absolute Gasteiger partial charge is 0.403 e. The Morgan fingerprint density at radius 2 is 1.13 bits per heavy atom. The summed E-state index contributed by atoms with van der Waals surface area (Å²) in [7, 11) is -5.65. The topological polar surface area (TPSA) is 80.3 Å². The number of hydrogen-bond donors (Lipinski definition) is 0. The molecule has 166 valence electrons. The zero-order valence-corrected chi connectivity index (χ0v) is 19.9. The SMILES string of the molecule is CC1(C)OB(C(CS(=O)(=O)Oc2ccccc2)B2OC(C)(C)C(C)(C)O2)OC1(C)C. The number of para-hydroxylation sites is 1. The molecule has 2 aliphatic rings. The Balaban J connectivity index is 1.89. The zero-order valence-electron chi connectivity index (χ0n) is 19.1. The Hall–Kier alpha value is -1.06. The largest absolute Gasteiger partial charge is 0.460 e. The van der Waals surface area contributed by atoms with Gasteiger partial charge in [-0.3, -0.25) is 0 Å². The van der Waals surface area contributed by atoms with Gasteiger partial charge < -0.3 is 22.8 Å². The summed E-state index contributed by atoms with van der Waals surface area (Å²) in [4.78, 5) is 0. The minimum atomic E-state index is -3.98. The molecular weight excluding hydrogens is 406 g/mol. The van der Waals surface area contributed by atoms with Gasteiger partial charge in [0, 0.05) is 5.72 Å². The fraction of sp³-hybridized carbons (Fsp3) is 0.700. The van der Waals surface area contributed by atoms with E-state index < -0.39 is 52.5 Å². The van der Waals surface area contributed by atoms with Gasteiger partial charge in [-0.15, -0.1) is 0 Å². The Kier molecular flexibility index (Phi) is 5.91. The van der Waals surface area contributed by atoms with Crippen molar-refractivity contribution < 1.29 is 31.2 Å². The van der Waals surface area contributed by atoms with E-state index in [4.69, 9.17) is 22.8 Å². The van der Waals surface area contributed by atoms with Crippen molar-refractivity contribution in [2.75, 3.05) is 5.75 Å². The Morgan fingerprint density at radius 3 is 1.50 bits per heavy atom. The summed E-state index contributed by atoms with van der Waals surface area (Å²) in [5.74, 6) is -0.130. The van der Waals surface area contributed by atoms with Crippen LogP contribution in [0, 0.1) is 0 Å². The first-order chi connectivity index (χ1) is 13.6. The number of hydrogen-bond acceptors (Lipinski definition) is 7. The van der Waals surface area contributed by atoms with Crippen molar-refractivity contribution in [1.82, 2.24) is 0 Å². The Labute approximate surface area is 181 Å². The van der Waals surface area contributed by atoms with Gasteiger partial charge in [0.2, 0.25) is 0 Å². The second-order valence-corrected chi connectivity index (χ2v) is 11.6. The van der Waals surface area contributed by atoms with Crippen molar-refractivity contribution >= 4 is 24.4 Å². The van der Waals surface area contributed by atoms with Crippen molar-refractivity contribution in [2.24, 2.45) is 0 Å².